The van der Waals surface area contributed by atoms with Crippen molar-refractivity contribution in [3.05, 3.63) is 29.8 Å². The first-order valence-corrected chi connectivity index (χ1v) is 8.43. The standard InChI is InChI=1S/C19H26N2O4/c1-14(2)19(23)21-9-7-20(8-10-21)18(22)6-5-15-11-16(24-3)13-17(12-15)25-4/h5-6,11-14H,7-10H2,1-4H3/b6-5+. The van der Waals surface area contributed by atoms with E-state index in [4.69, 9.17) is 9.47 Å². The maximum absolute atomic E-state index is 12.4. The van der Waals surface area contributed by atoms with Gasteiger partial charge >= 0.3 is 0 Å². The number of methoxy groups -OCH3 is 2. The highest BCUT2D eigenvalue weighted by atomic mass is 16.5. The summed E-state index contributed by atoms with van der Waals surface area (Å²) in [6.45, 7) is 6.08. The summed E-state index contributed by atoms with van der Waals surface area (Å²) in [4.78, 5) is 27.9. The third kappa shape index (κ3) is 4.98. The van der Waals surface area contributed by atoms with Crippen LogP contribution in [0.2, 0.25) is 0 Å². The molecule has 0 atom stereocenters. The van der Waals surface area contributed by atoms with E-state index in [2.05, 4.69) is 0 Å². The second kappa shape index (κ2) is 8.55. The van der Waals surface area contributed by atoms with Crippen molar-refractivity contribution in [1.82, 2.24) is 9.80 Å². The maximum Gasteiger partial charge on any atom is 0.246 e. The Hall–Kier alpha value is -2.50. The molecule has 1 aliphatic heterocycles. The molecule has 0 bridgehead atoms. The van der Waals surface area contributed by atoms with Gasteiger partial charge in [0.15, 0.2) is 0 Å². The van der Waals surface area contributed by atoms with E-state index in [0.29, 0.717) is 37.7 Å². The Morgan fingerprint density at radius 2 is 1.48 bits per heavy atom. The molecule has 0 unspecified atom stereocenters. The average Bonchev–Trinajstić information content (AvgIpc) is 2.65. The lowest BCUT2D eigenvalue weighted by Crippen LogP contribution is -2.51. The molecule has 25 heavy (non-hydrogen) atoms. The zero-order valence-corrected chi connectivity index (χ0v) is 15.3. The summed E-state index contributed by atoms with van der Waals surface area (Å²) in [7, 11) is 3.18. The van der Waals surface area contributed by atoms with Crippen molar-refractivity contribution in [2.45, 2.75) is 13.8 Å². The molecular weight excluding hydrogens is 320 g/mol. The van der Waals surface area contributed by atoms with Crippen LogP contribution in [-0.4, -0.2) is 62.0 Å². The Morgan fingerprint density at radius 3 is 1.96 bits per heavy atom. The summed E-state index contributed by atoms with van der Waals surface area (Å²) in [5, 5.41) is 0. The summed E-state index contributed by atoms with van der Waals surface area (Å²) in [5.74, 6) is 1.43. The van der Waals surface area contributed by atoms with Crippen molar-refractivity contribution in [3.8, 4) is 11.5 Å². The van der Waals surface area contributed by atoms with E-state index in [9.17, 15) is 9.59 Å². The fourth-order valence-electron chi connectivity index (χ4n) is 2.71. The van der Waals surface area contributed by atoms with Crippen LogP contribution in [-0.2, 0) is 9.59 Å². The van der Waals surface area contributed by atoms with E-state index in [1.54, 1.807) is 37.3 Å². The lowest BCUT2D eigenvalue weighted by molar-refractivity contribution is -0.139. The van der Waals surface area contributed by atoms with Gasteiger partial charge in [-0.05, 0) is 23.8 Å². The molecule has 1 aromatic carbocycles. The monoisotopic (exact) mass is 346 g/mol. The Morgan fingerprint density at radius 1 is 0.960 bits per heavy atom. The van der Waals surface area contributed by atoms with Gasteiger partial charge in [0.25, 0.3) is 0 Å². The van der Waals surface area contributed by atoms with Crippen LogP contribution in [0.15, 0.2) is 24.3 Å². The van der Waals surface area contributed by atoms with Crippen LogP contribution in [0.4, 0.5) is 0 Å². The molecule has 0 radical (unpaired) electrons. The lowest BCUT2D eigenvalue weighted by atomic mass is 10.1. The van der Waals surface area contributed by atoms with Crippen LogP contribution >= 0.6 is 0 Å². The molecule has 1 saturated heterocycles. The molecule has 0 aromatic heterocycles. The number of carbonyl (C=O) groups is 2. The van der Waals surface area contributed by atoms with Gasteiger partial charge in [-0.15, -0.1) is 0 Å². The molecule has 136 valence electrons. The Balaban J connectivity index is 1.96. The number of hydrogen-bond acceptors (Lipinski definition) is 4. The Kier molecular flexibility index (Phi) is 6.44. The fraction of sp³-hybridized carbons (Fsp3) is 0.474. The van der Waals surface area contributed by atoms with Gasteiger partial charge in [0.05, 0.1) is 14.2 Å². The largest absolute Gasteiger partial charge is 0.497 e. The summed E-state index contributed by atoms with van der Waals surface area (Å²) in [5.41, 5.74) is 0.832. The molecule has 6 heteroatoms. The van der Waals surface area contributed by atoms with E-state index >= 15 is 0 Å². The van der Waals surface area contributed by atoms with Crippen LogP contribution in [0.25, 0.3) is 6.08 Å². The normalized spacial score (nSPS) is 14.9. The van der Waals surface area contributed by atoms with Crippen molar-refractivity contribution in [3.63, 3.8) is 0 Å². The van der Waals surface area contributed by atoms with Crippen LogP contribution in [0, 0.1) is 5.92 Å². The van der Waals surface area contributed by atoms with Gasteiger partial charge in [-0.2, -0.15) is 0 Å². The summed E-state index contributed by atoms with van der Waals surface area (Å²) in [6.07, 6.45) is 3.30. The second-order valence-electron chi connectivity index (χ2n) is 6.28. The maximum atomic E-state index is 12.4. The molecule has 2 rings (SSSR count). The van der Waals surface area contributed by atoms with Crippen molar-refractivity contribution < 1.29 is 19.1 Å². The van der Waals surface area contributed by atoms with E-state index in [0.717, 1.165) is 5.56 Å². The number of piperazine rings is 1. The van der Waals surface area contributed by atoms with E-state index in [1.165, 1.54) is 0 Å². The van der Waals surface area contributed by atoms with E-state index < -0.39 is 0 Å². The molecule has 1 aromatic rings. The van der Waals surface area contributed by atoms with Gasteiger partial charge < -0.3 is 19.3 Å². The summed E-state index contributed by atoms with van der Waals surface area (Å²) >= 11 is 0. The molecule has 1 fully saturated rings. The first-order valence-electron chi connectivity index (χ1n) is 8.43. The number of nitrogens with zero attached hydrogens (tertiary/aromatic N) is 2. The predicted molar refractivity (Wildman–Crippen MR) is 96.6 cm³/mol. The van der Waals surface area contributed by atoms with E-state index in [-0.39, 0.29) is 17.7 Å². The third-order valence-corrected chi connectivity index (χ3v) is 4.19. The SMILES string of the molecule is COc1cc(/C=C/C(=O)N2CCN(C(=O)C(C)C)CC2)cc(OC)c1. The lowest BCUT2D eigenvalue weighted by Gasteiger charge is -2.35. The van der Waals surface area contributed by atoms with Crippen LogP contribution in [0.5, 0.6) is 11.5 Å². The molecular formula is C19H26N2O4. The zero-order valence-electron chi connectivity index (χ0n) is 15.3. The van der Waals surface area contributed by atoms with Crippen LogP contribution < -0.4 is 9.47 Å². The predicted octanol–water partition coefficient (Wildman–Crippen LogP) is 2.04. The van der Waals surface area contributed by atoms with Crippen LogP contribution in [0.1, 0.15) is 19.4 Å². The number of benzene rings is 1. The van der Waals surface area contributed by atoms with Crippen LogP contribution in [0.3, 0.4) is 0 Å². The minimum Gasteiger partial charge on any atom is -0.497 e. The highest BCUT2D eigenvalue weighted by molar-refractivity contribution is 5.92. The van der Waals surface area contributed by atoms with Crippen molar-refractivity contribution in [2.24, 2.45) is 5.92 Å². The molecule has 0 aliphatic carbocycles. The zero-order chi connectivity index (χ0) is 18.4. The summed E-state index contributed by atoms with van der Waals surface area (Å²) < 4.78 is 10.5. The molecule has 0 saturated carbocycles. The molecule has 0 N–H and O–H groups in total. The van der Waals surface area contributed by atoms with Crippen molar-refractivity contribution in [1.29, 1.82) is 0 Å². The Labute approximate surface area is 149 Å². The van der Waals surface area contributed by atoms with Gasteiger partial charge in [0.1, 0.15) is 11.5 Å². The minimum absolute atomic E-state index is 0.00908. The highest BCUT2D eigenvalue weighted by Crippen LogP contribution is 2.23. The first-order chi connectivity index (χ1) is 11.9. The van der Waals surface area contributed by atoms with Crippen molar-refractivity contribution >= 4 is 17.9 Å². The smallest absolute Gasteiger partial charge is 0.246 e. The second-order valence-corrected chi connectivity index (χ2v) is 6.28. The molecule has 1 heterocycles. The summed E-state index contributed by atoms with van der Waals surface area (Å²) in [6, 6.07) is 5.46. The molecule has 2 amide bonds. The van der Waals surface area contributed by atoms with Gasteiger partial charge in [0.2, 0.25) is 11.8 Å². The average molecular weight is 346 g/mol. The topological polar surface area (TPSA) is 59.1 Å². The molecule has 1 aliphatic rings. The number of amides is 2. The fourth-order valence-corrected chi connectivity index (χ4v) is 2.71. The van der Waals surface area contributed by atoms with Gasteiger partial charge in [-0.3, -0.25) is 9.59 Å². The first kappa shape index (κ1) is 18.8. The molecule has 0 spiro atoms. The van der Waals surface area contributed by atoms with E-state index in [1.807, 2.05) is 30.9 Å². The Bertz CT molecular complexity index is 625. The van der Waals surface area contributed by atoms with Gasteiger partial charge in [-0.25, -0.2) is 0 Å². The minimum atomic E-state index is -0.0570. The number of ether oxygens (including phenoxy) is 2. The van der Waals surface area contributed by atoms with Crippen molar-refractivity contribution in [2.75, 3.05) is 40.4 Å². The number of hydrogen-bond donors (Lipinski definition) is 0. The highest BCUT2D eigenvalue weighted by Gasteiger charge is 2.24. The number of carbonyl (C=O) groups excluding carboxylic acids is 2. The van der Waals surface area contributed by atoms with Gasteiger partial charge in [-0.1, -0.05) is 13.8 Å². The van der Waals surface area contributed by atoms with Gasteiger partial charge in [0, 0.05) is 44.2 Å². The third-order valence-electron chi connectivity index (χ3n) is 4.19. The molecule has 6 nitrogen and oxygen atoms in total. The number of rotatable bonds is 5. The quantitative estimate of drug-likeness (QED) is 0.766.